The Morgan fingerprint density at radius 2 is 1.50 bits per heavy atom. The molecule has 1 heterocycles. The maximum atomic E-state index is 12.8. The fraction of sp³-hybridized carbons (Fsp3) is 0.0952. The zero-order valence-electron chi connectivity index (χ0n) is 14.9. The van der Waals surface area contributed by atoms with Crippen LogP contribution in [0.1, 0.15) is 38.8 Å². The second kappa shape index (κ2) is 7.36. The summed E-state index contributed by atoms with van der Waals surface area (Å²) < 4.78 is 0. The van der Waals surface area contributed by atoms with E-state index in [2.05, 4.69) is 15.3 Å². The SMILES string of the molecule is CC(Sc1ncccn1)C(=O)Nc1ccc2c(c1)C(=O)c1ccccc1C2=O. The lowest BCUT2D eigenvalue weighted by Gasteiger charge is -2.18. The van der Waals surface area contributed by atoms with Crippen LogP contribution in [-0.2, 0) is 4.79 Å². The monoisotopic (exact) mass is 389 g/mol. The average Bonchev–Trinajstić information content (AvgIpc) is 2.72. The number of nitrogens with zero attached hydrogens (tertiary/aromatic N) is 2. The minimum atomic E-state index is -0.434. The molecule has 0 spiro atoms. The molecule has 2 aromatic carbocycles. The molecule has 138 valence electrons. The summed E-state index contributed by atoms with van der Waals surface area (Å²) in [6.07, 6.45) is 3.23. The number of aromatic nitrogens is 2. The number of hydrogen-bond acceptors (Lipinski definition) is 6. The van der Waals surface area contributed by atoms with Crippen LogP contribution in [-0.4, -0.2) is 32.7 Å². The van der Waals surface area contributed by atoms with E-state index in [1.807, 2.05) is 0 Å². The molecule has 1 amide bonds. The van der Waals surface area contributed by atoms with Gasteiger partial charge in [0.1, 0.15) is 0 Å². The fourth-order valence-electron chi connectivity index (χ4n) is 2.98. The highest BCUT2D eigenvalue weighted by Crippen LogP contribution is 2.29. The molecule has 0 aliphatic heterocycles. The number of hydrogen-bond donors (Lipinski definition) is 1. The molecule has 0 fully saturated rings. The van der Waals surface area contributed by atoms with Gasteiger partial charge in [-0.1, -0.05) is 36.0 Å². The van der Waals surface area contributed by atoms with Crippen molar-refractivity contribution in [1.82, 2.24) is 9.97 Å². The van der Waals surface area contributed by atoms with Crippen LogP contribution >= 0.6 is 11.8 Å². The van der Waals surface area contributed by atoms with Crippen molar-refractivity contribution in [3.63, 3.8) is 0 Å². The highest BCUT2D eigenvalue weighted by Gasteiger charge is 2.29. The summed E-state index contributed by atoms with van der Waals surface area (Å²) in [7, 11) is 0. The number of carbonyl (C=O) groups is 3. The van der Waals surface area contributed by atoms with Gasteiger partial charge in [0.25, 0.3) is 0 Å². The van der Waals surface area contributed by atoms with Gasteiger partial charge in [-0.3, -0.25) is 14.4 Å². The van der Waals surface area contributed by atoms with Gasteiger partial charge in [-0.05, 0) is 31.2 Å². The van der Waals surface area contributed by atoms with Crippen LogP contribution in [0, 0.1) is 0 Å². The van der Waals surface area contributed by atoms with Crippen molar-refractivity contribution in [2.24, 2.45) is 0 Å². The Balaban J connectivity index is 1.55. The van der Waals surface area contributed by atoms with Crippen LogP contribution in [0.15, 0.2) is 66.1 Å². The van der Waals surface area contributed by atoms with Crippen LogP contribution < -0.4 is 5.32 Å². The smallest absolute Gasteiger partial charge is 0.237 e. The first-order valence-corrected chi connectivity index (χ1v) is 9.49. The van der Waals surface area contributed by atoms with E-state index in [0.29, 0.717) is 33.1 Å². The number of rotatable bonds is 4. The molecule has 1 unspecified atom stereocenters. The Morgan fingerprint density at radius 1 is 0.893 bits per heavy atom. The number of anilines is 1. The summed E-state index contributed by atoms with van der Waals surface area (Å²) in [6.45, 7) is 1.75. The van der Waals surface area contributed by atoms with Gasteiger partial charge in [0.05, 0.1) is 5.25 Å². The van der Waals surface area contributed by atoms with Crippen molar-refractivity contribution in [1.29, 1.82) is 0 Å². The van der Waals surface area contributed by atoms with Crippen LogP contribution in [0.5, 0.6) is 0 Å². The number of ketones is 2. The quantitative estimate of drug-likeness (QED) is 0.425. The van der Waals surface area contributed by atoms with Gasteiger partial charge in [-0.25, -0.2) is 9.97 Å². The first kappa shape index (κ1) is 18.1. The van der Waals surface area contributed by atoms with Crippen LogP contribution in [0.25, 0.3) is 0 Å². The van der Waals surface area contributed by atoms with Crippen molar-refractivity contribution < 1.29 is 14.4 Å². The average molecular weight is 389 g/mol. The third-order valence-corrected chi connectivity index (χ3v) is 5.38. The van der Waals surface area contributed by atoms with Gasteiger partial charge >= 0.3 is 0 Å². The second-order valence-corrected chi connectivity index (χ2v) is 7.55. The first-order chi connectivity index (χ1) is 13.5. The predicted octanol–water partition coefficient (Wildman–Crippen LogP) is 3.37. The highest BCUT2D eigenvalue weighted by atomic mass is 32.2. The van der Waals surface area contributed by atoms with Gasteiger partial charge in [-0.2, -0.15) is 0 Å². The minimum absolute atomic E-state index is 0.187. The molecule has 1 aliphatic carbocycles. The van der Waals surface area contributed by atoms with Crippen LogP contribution in [0.2, 0.25) is 0 Å². The molecule has 1 atom stereocenters. The number of fused-ring (bicyclic) bond motifs is 2. The lowest BCUT2D eigenvalue weighted by atomic mass is 9.84. The van der Waals surface area contributed by atoms with Crippen molar-refractivity contribution >= 4 is 34.9 Å². The third-order valence-electron chi connectivity index (χ3n) is 4.39. The summed E-state index contributed by atoms with van der Waals surface area (Å²) in [5, 5.41) is 2.87. The maximum Gasteiger partial charge on any atom is 0.237 e. The Hall–Kier alpha value is -3.32. The second-order valence-electron chi connectivity index (χ2n) is 6.24. The molecule has 28 heavy (non-hydrogen) atoms. The molecule has 0 radical (unpaired) electrons. The molecule has 1 aromatic heterocycles. The Bertz CT molecular complexity index is 1100. The lowest BCUT2D eigenvalue weighted by Crippen LogP contribution is -2.24. The highest BCUT2D eigenvalue weighted by molar-refractivity contribution is 8.00. The molecular formula is C21H15N3O3S. The molecule has 7 heteroatoms. The fourth-order valence-corrected chi connectivity index (χ4v) is 3.70. The molecule has 0 saturated carbocycles. The van der Waals surface area contributed by atoms with Crippen molar-refractivity contribution in [2.75, 3.05) is 5.32 Å². The zero-order valence-corrected chi connectivity index (χ0v) is 15.7. The predicted molar refractivity (Wildman–Crippen MR) is 106 cm³/mol. The third kappa shape index (κ3) is 3.32. The Labute approximate surface area is 165 Å². The lowest BCUT2D eigenvalue weighted by molar-refractivity contribution is -0.115. The maximum absolute atomic E-state index is 12.8. The van der Waals surface area contributed by atoms with Gasteiger partial charge in [0.15, 0.2) is 16.7 Å². The number of nitrogens with one attached hydrogen (secondary N) is 1. The van der Waals surface area contributed by atoms with Crippen LogP contribution in [0.3, 0.4) is 0 Å². The largest absolute Gasteiger partial charge is 0.325 e. The summed E-state index contributed by atoms with van der Waals surface area (Å²) in [5.74, 6) is -0.651. The molecule has 0 bridgehead atoms. The van der Waals surface area contributed by atoms with E-state index in [1.165, 1.54) is 11.8 Å². The number of thioether (sulfide) groups is 1. The van der Waals surface area contributed by atoms with E-state index >= 15 is 0 Å². The summed E-state index contributed by atoms with van der Waals surface area (Å²) >= 11 is 1.24. The molecule has 0 saturated heterocycles. The van der Waals surface area contributed by atoms with E-state index in [4.69, 9.17) is 0 Å². The van der Waals surface area contributed by atoms with Gasteiger partial charge < -0.3 is 5.32 Å². The van der Waals surface area contributed by atoms with E-state index in [-0.39, 0.29) is 17.5 Å². The number of carbonyl (C=O) groups excluding carboxylic acids is 3. The van der Waals surface area contributed by atoms with Gasteiger partial charge in [-0.15, -0.1) is 0 Å². The van der Waals surface area contributed by atoms with Gasteiger partial charge in [0, 0.05) is 40.3 Å². The van der Waals surface area contributed by atoms with E-state index < -0.39 is 5.25 Å². The Kier molecular flexibility index (Phi) is 4.75. The van der Waals surface area contributed by atoms with Gasteiger partial charge in [0.2, 0.25) is 5.91 Å². The van der Waals surface area contributed by atoms with Crippen molar-refractivity contribution in [3.8, 4) is 0 Å². The van der Waals surface area contributed by atoms with E-state index in [0.717, 1.165) is 0 Å². The molecule has 1 N–H and O–H groups in total. The summed E-state index contributed by atoms with van der Waals surface area (Å²) in [4.78, 5) is 46.1. The molecular weight excluding hydrogens is 374 g/mol. The molecule has 3 aromatic rings. The molecule has 4 rings (SSSR count). The minimum Gasteiger partial charge on any atom is -0.325 e. The summed E-state index contributed by atoms with van der Waals surface area (Å²) in [6, 6.07) is 13.2. The first-order valence-electron chi connectivity index (χ1n) is 8.61. The summed E-state index contributed by atoms with van der Waals surface area (Å²) in [5.41, 5.74) is 1.90. The standard InChI is InChI=1S/C21H15N3O3S/c1-12(28-21-22-9-4-10-23-21)20(27)24-13-7-8-16-17(11-13)19(26)15-6-3-2-5-14(15)18(16)25/h2-12H,1H3,(H,24,27). The number of benzene rings is 2. The molecule has 6 nitrogen and oxygen atoms in total. The zero-order chi connectivity index (χ0) is 19.7. The van der Waals surface area contributed by atoms with Crippen molar-refractivity contribution in [3.05, 3.63) is 83.2 Å². The Morgan fingerprint density at radius 3 is 2.18 bits per heavy atom. The van der Waals surface area contributed by atoms with Crippen molar-refractivity contribution in [2.45, 2.75) is 17.3 Å². The topological polar surface area (TPSA) is 89.0 Å². The number of amides is 1. The van der Waals surface area contributed by atoms with E-state index in [9.17, 15) is 14.4 Å². The van der Waals surface area contributed by atoms with E-state index in [1.54, 1.807) is 67.8 Å². The normalized spacial score (nSPS) is 13.5. The van der Waals surface area contributed by atoms with Crippen LogP contribution in [0.4, 0.5) is 5.69 Å². The molecule has 1 aliphatic rings.